The number of nitrogens with two attached hydrogens (primary N) is 1. The van der Waals surface area contributed by atoms with Gasteiger partial charge in [0.1, 0.15) is 17.2 Å². The molecule has 2 N–H and O–H groups in total. The summed E-state index contributed by atoms with van der Waals surface area (Å²) in [4.78, 5) is 14.0. The molecule has 0 saturated heterocycles. The van der Waals surface area contributed by atoms with Crippen molar-refractivity contribution in [1.82, 2.24) is 19.5 Å². The summed E-state index contributed by atoms with van der Waals surface area (Å²) in [5, 5.41) is 0. The predicted molar refractivity (Wildman–Crippen MR) is 141 cm³/mol. The Hall–Kier alpha value is -3.29. The maximum Gasteiger partial charge on any atom is 0.165 e. The van der Waals surface area contributed by atoms with E-state index >= 15 is 0 Å². The van der Waals surface area contributed by atoms with Crippen molar-refractivity contribution < 1.29 is 4.39 Å². The zero-order valence-corrected chi connectivity index (χ0v) is 21.0. The minimum atomic E-state index is -0.301. The van der Waals surface area contributed by atoms with Gasteiger partial charge in [-0.1, -0.05) is 26.0 Å². The molecule has 5 rings (SSSR count). The summed E-state index contributed by atoms with van der Waals surface area (Å²) < 4.78 is 16.2. The van der Waals surface area contributed by atoms with E-state index < -0.39 is 0 Å². The van der Waals surface area contributed by atoms with Crippen LogP contribution in [0.3, 0.4) is 0 Å². The number of nitrogens with zero attached hydrogens (tertiary/aromatic N) is 4. The van der Waals surface area contributed by atoms with Crippen molar-refractivity contribution in [2.24, 2.45) is 0 Å². The number of benzene rings is 2. The van der Waals surface area contributed by atoms with Crippen molar-refractivity contribution in [2.75, 3.05) is 5.73 Å². The Morgan fingerprint density at radius 2 is 1.71 bits per heavy atom. The summed E-state index contributed by atoms with van der Waals surface area (Å²) in [5.74, 6) is 1.12. The molecule has 172 valence electrons. The molecular weight excluding hydrogens is 517 g/mol. The Bertz CT molecular complexity index is 1430. The normalized spacial score (nSPS) is 10.7. The average molecular weight is 539 g/mol. The summed E-state index contributed by atoms with van der Waals surface area (Å²) in [7, 11) is 0. The van der Waals surface area contributed by atoms with Gasteiger partial charge in [-0.05, 0) is 76.1 Å². The van der Waals surface area contributed by atoms with Crippen molar-refractivity contribution in [3.05, 3.63) is 88.8 Å². The fourth-order valence-corrected chi connectivity index (χ4v) is 4.27. The fourth-order valence-electron chi connectivity index (χ4n) is 3.56. The maximum atomic E-state index is 13.5. The Morgan fingerprint density at radius 1 is 1.00 bits per heavy atom. The van der Waals surface area contributed by atoms with Crippen molar-refractivity contribution in [3.8, 4) is 28.3 Å². The molecule has 5 aromatic rings. The predicted octanol–water partition coefficient (Wildman–Crippen LogP) is 7.40. The van der Waals surface area contributed by atoms with Crippen LogP contribution >= 0.6 is 27.5 Å². The zero-order valence-electron chi connectivity index (χ0n) is 18.6. The molecule has 0 spiro atoms. The third-order valence-corrected chi connectivity index (χ3v) is 6.05. The highest BCUT2D eigenvalue weighted by molar-refractivity contribution is 9.10. The molecule has 0 atom stereocenters. The monoisotopic (exact) mass is 537 g/mol. The van der Waals surface area contributed by atoms with Crippen LogP contribution in [-0.2, 0) is 5.88 Å². The molecule has 0 aliphatic heterocycles. The molecular formula is C26H22BrClFN5. The molecule has 0 bridgehead atoms. The van der Waals surface area contributed by atoms with Crippen molar-refractivity contribution >= 4 is 44.5 Å². The number of rotatable bonds is 4. The molecule has 0 aliphatic rings. The third kappa shape index (κ3) is 4.54. The summed E-state index contributed by atoms with van der Waals surface area (Å²) in [6.45, 7) is 4.00. The quantitative estimate of drug-likeness (QED) is 0.242. The van der Waals surface area contributed by atoms with E-state index in [1.54, 1.807) is 18.3 Å². The summed E-state index contributed by atoms with van der Waals surface area (Å²) >= 11 is 9.57. The smallest absolute Gasteiger partial charge is 0.165 e. The Balaban J connectivity index is 0.00000133. The first kappa shape index (κ1) is 23.9. The topological polar surface area (TPSA) is 69.6 Å². The Kier molecular flexibility index (Phi) is 7.24. The van der Waals surface area contributed by atoms with E-state index in [4.69, 9.17) is 27.3 Å². The lowest BCUT2D eigenvalue weighted by atomic mass is 10.1. The number of pyridine rings is 2. The number of hydrogen-bond acceptors (Lipinski definition) is 4. The van der Waals surface area contributed by atoms with Gasteiger partial charge in [0.05, 0.1) is 11.3 Å². The van der Waals surface area contributed by atoms with Crippen LogP contribution in [-0.4, -0.2) is 19.5 Å². The van der Waals surface area contributed by atoms with Gasteiger partial charge in [-0.25, -0.2) is 19.3 Å². The molecule has 0 saturated carbocycles. The van der Waals surface area contributed by atoms with Gasteiger partial charge in [0.15, 0.2) is 11.5 Å². The van der Waals surface area contributed by atoms with Crippen LogP contribution < -0.4 is 5.73 Å². The second kappa shape index (κ2) is 10.3. The van der Waals surface area contributed by atoms with Crippen LogP contribution in [0.15, 0.2) is 77.4 Å². The first-order chi connectivity index (χ1) is 16.5. The molecule has 5 nitrogen and oxygen atoms in total. The van der Waals surface area contributed by atoms with Gasteiger partial charge in [0.2, 0.25) is 0 Å². The minimum absolute atomic E-state index is 0.301. The van der Waals surface area contributed by atoms with Gasteiger partial charge >= 0.3 is 0 Å². The van der Waals surface area contributed by atoms with E-state index in [2.05, 4.69) is 20.9 Å². The van der Waals surface area contributed by atoms with Crippen molar-refractivity contribution in [2.45, 2.75) is 19.7 Å². The van der Waals surface area contributed by atoms with E-state index in [1.165, 1.54) is 12.1 Å². The molecule has 0 radical (unpaired) electrons. The molecule has 0 fully saturated rings. The van der Waals surface area contributed by atoms with Crippen molar-refractivity contribution in [1.29, 1.82) is 0 Å². The third-order valence-electron chi connectivity index (χ3n) is 5.13. The van der Waals surface area contributed by atoms with Crippen molar-refractivity contribution in [3.63, 3.8) is 0 Å². The zero-order chi connectivity index (χ0) is 24.2. The van der Waals surface area contributed by atoms with Crippen LogP contribution in [0, 0.1) is 5.82 Å². The standard InChI is InChI=1S/C24H16BrClFN5.C2H6/c25-19-12-20-24(31-21(19)15-5-7-16(27)8-6-15)32(17-9-3-14(13-26)4-10-17)23(30-20)18-2-1-11-29-22(18)28;1-2/h1-12H,13H2,(H2,28,29);1-2H3. The highest BCUT2D eigenvalue weighted by atomic mass is 79.9. The fraction of sp³-hybridized carbons (Fsp3) is 0.115. The highest BCUT2D eigenvalue weighted by Crippen LogP contribution is 2.35. The van der Waals surface area contributed by atoms with E-state index in [-0.39, 0.29) is 5.82 Å². The summed E-state index contributed by atoms with van der Waals surface area (Å²) in [6, 6.07) is 19.7. The molecule has 8 heteroatoms. The van der Waals surface area contributed by atoms with E-state index in [1.807, 2.05) is 60.9 Å². The number of anilines is 1. The van der Waals surface area contributed by atoms with E-state index in [9.17, 15) is 4.39 Å². The van der Waals surface area contributed by atoms with Gasteiger partial charge < -0.3 is 5.73 Å². The second-order valence-electron chi connectivity index (χ2n) is 7.18. The molecule has 2 aromatic carbocycles. The molecule has 0 amide bonds. The summed E-state index contributed by atoms with van der Waals surface area (Å²) in [5.41, 5.74) is 11.5. The number of aromatic nitrogens is 4. The molecule has 3 heterocycles. The average Bonchev–Trinajstić information content (AvgIpc) is 3.23. The maximum absolute atomic E-state index is 13.5. The van der Waals surface area contributed by atoms with Gasteiger partial charge in [-0.2, -0.15) is 0 Å². The van der Waals surface area contributed by atoms with Gasteiger partial charge in [-0.3, -0.25) is 4.57 Å². The molecule has 0 unspecified atom stereocenters. The van der Waals surface area contributed by atoms with Gasteiger partial charge in [0.25, 0.3) is 0 Å². The first-order valence-corrected chi connectivity index (χ1v) is 12.1. The first-order valence-electron chi connectivity index (χ1n) is 10.8. The number of imidazole rings is 1. The summed E-state index contributed by atoms with van der Waals surface area (Å²) in [6.07, 6.45) is 1.64. The van der Waals surface area contributed by atoms with Gasteiger partial charge in [0, 0.05) is 27.8 Å². The molecule has 0 aliphatic carbocycles. The Morgan fingerprint density at radius 3 is 2.35 bits per heavy atom. The van der Waals surface area contributed by atoms with Crippen LogP contribution in [0.25, 0.3) is 39.5 Å². The largest absolute Gasteiger partial charge is 0.383 e. The Labute approximate surface area is 210 Å². The van der Waals surface area contributed by atoms with E-state index in [0.717, 1.165) is 21.3 Å². The van der Waals surface area contributed by atoms with E-state index in [0.29, 0.717) is 39.9 Å². The minimum Gasteiger partial charge on any atom is -0.383 e. The molecule has 3 aromatic heterocycles. The van der Waals surface area contributed by atoms with Crippen LogP contribution in [0.4, 0.5) is 10.2 Å². The molecule has 34 heavy (non-hydrogen) atoms. The number of halogens is 3. The number of fused-ring (bicyclic) bond motifs is 1. The lowest BCUT2D eigenvalue weighted by Crippen LogP contribution is -2.02. The SMILES string of the molecule is CC.Nc1ncccc1-c1nc2cc(Br)c(-c3ccc(F)cc3)nc2n1-c1ccc(CCl)cc1. The van der Waals surface area contributed by atoms with Crippen LogP contribution in [0.2, 0.25) is 0 Å². The lowest BCUT2D eigenvalue weighted by molar-refractivity contribution is 0.628. The highest BCUT2D eigenvalue weighted by Gasteiger charge is 2.20. The van der Waals surface area contributed by atoms with Gasteiger partial charge in [-0.15, -0.1) is 11.6 Å². The number of alkyl halides is 1. The number of nitrogen functional groups attached to an aromatic ring is 1. The van der Waals surface area contributed by atoms with Crippen LogP contribution in [0.1, 0.15) is 19.4 Å². The number of hydrogen-bond donors (Lipinski definition) is 1. The van der Waals surface area contributed by atoms with Crippen LogP contribution in [0.5, 0.6) is 0 Å². The second-order valence-corrected chi connectivity index (χ2v) is 8.30. The lowest BCUT2D eigenvalue weighted by Gasteiger charge is -2.11.